The lowest BCUT2D eigenvalue weighted by molar-refractivity contribution is -0.119. The van der Waals surface area contributed by atoms with Crippen molar-refractivity contribution in [3.63, 3.8) is 0 Å². The molecular formula is C29H29Cl2N5O2. The van der Waals surface area contributed by atoms with E-state index >= 15 is 0 Å². The highest BCUT2D eigenvalue weighted by Gasteiger charge is 2.22. The second-order valence-corrected chi connectivity index (χ2v) is 10.2. The molecule has 0 aromatic heterocycles. The molecular weight excluding hydrogens is 521 g/mol. The average molecular weight is 550 g/mol. The summed E-state index contributed by atoms with van der Waals surface area (Å²) in [6.45, 7) is 4.38. The molecule has 1 aliphatic heterocycles. The maximum Gasteiger partial charge on any atom is 0.326 e. The summed E-state index contributed by atoms with van der Waals surface area (Å²) in [5.41, 5.74) is 3.73. The molecule has 0 saturated carbocycles. The number of hydrogen-bond acceptors (Lipinski definition) is 4. The standard InChI is InChI=1S/C29H29Cl2N5O2/c1-20(37)33-26-9-11-35(12-10-26)13-14-36(29(38)34-27-17-24(30)16-25(31)18-27)28-7-5-22(6-8-28)23-4-2-3-21(15-23)19-32/h2-8,15-18,26H,9-14H2,1H3,(H,33,37)(H,34,38). The van der Waals surface area contributed by atoms with Gasteiger partial charge in [0, 0.05) is 60.6 Å². The van der Waals surface area contributed by atoms with Gasteiger partial charge in [0.1, 0.15) is 0 Å². The number of piperidine rings is 1. The Morgan fingerprint density at radius 1 is 1.00 bits per heavy atom. The zero-order valence-electron chi connectivity index (χ0n) is 21.1. The van der Waals surface area contributed by atoms with Crippen LogP contribution < -0.4 is 15.5 Å². The van der Waals surface area contributed by atoms with E-state index in [1.165, 1.54) is 0 Å². The van der Waals surface area contributed by atoms with E-state index < -0.39 is 0 Å². The number of nitrogens with zero attached hydrogens (tertiary/aromatic N) is 3. The van der Waals surface area contributed by atoms with Crippen LogP contribution in [-0.2, 0) is 4.79 Å². The molecule has 0 spiro atoms. The van der Waals surface area contributed by atoms with Crippen molar-refractivity contribution in [1.29, 1.82) is 5.26 Å². The predicted molar refractivity (Wildman–Crippen MR) is 153 cm³/mol. The summed E-state index contributed by atoms with van der Waals surface area (Å²) < 4.78 is 0. The monoisotopic (exact) mass is 549 g/mol. The van der Waals surface area contributed by atoms with Gasteiger partial charge in [0.05, 0.1) is 11.6 Å². The number of anilines is 2. The minimum atomic E-state index is -0.296. The van der Waals surface area contributed by atoms with Gasteiger partial charge in [-0.25, -0.2) is 4.79 Å². The second kappa shape index (κ2) is 12.8. The van der Waals surface area contributed by atoms with Gasteiger partial charge in [0.15, 0.2) is 0 Å². The molecule has 38 heavy (non-hydrogen) atoms. The van der Waals surface area contributed by atoms with Gasteiger partial charge in [-0.05, 0) is 66.4 Å². The molecule has 0 aliphatic carbocycles. The Morgan fingerprint density at radius 3 is 2.32 bits per heavy atom. The Kier molecular flexibility index (Phi) is 9.24. The maximum absolute atomic E-state index is 13.4. The Morgan fingerprint density at radius 2 is 1.68 bits per heavy atom. The SMILES string of the molecule is CC(=O)NC1CCN(CCN(C(=O)Nc2cc(Cl)cc(Cl)c2)c2ccc(-c3cccc(C#N)c3)cc2)CC1. The van der Waals surface area contributed by atoms with E-state index in [9.17, 15) is 14.9 Å². The van der Waals surface area contributed by atoms with Gasteiger partial charge in [-0.2, -0.15) is 5.26 Å². The fourth-order valence-corrected chi connectivity index (χ4v) is 5.12. The number of benzene rings is 3. The maximum atomic E-state index is 13.4. The number of nitriles is 1. The number of hydrogen-bond donors (Lipinski definition) is 2. The van der Waals surface area contributed by atoms with Gasteiger partial charge in [-0.3, -0.25) is 9.69 Å². The van der Waals surface area contributed by atoms with Gasteiger partial charge in [-0.15, -0.1) is 0 Å². The number of nitrogens with one attached hydrogen (secondary N) is 2. The van der Waals surface area contributed by atoms with Crippen LogP contribution in [0.4, 0.5) is 16.2 Å². The lowest BCUT2D eigenvalue weighted by atomic mass is 10.0. The minimum absolute atomic E-state index is 0.00443. The number of carbonyl (C=O) groups is 2. The van der Waals surface area contributed by atoms with Crippen LogP contribution in [0, 0.1) is 11.3 Å². The van der Waals surface area contributed by atoms with E-state index in [0.717, 1.165) is 42.7 Å². The molecule has 9 heteroatoms. The normalized spacial score (nSPS) is 13.9. The van der Waals surface area contributed by atoms with E-state index in [2.05, 4.69) is 21.6 Å². The van der Waals surface area contributed by atoms with Crippen molar-refractivity contribution in [2.24, 2.45) is 0 Å². The molecule has 0 bridgehead atoms. The fraction of sp³-hybridized carbons (Fsp3) is 0.276. The Hall–Kier alpha value is -3.57. The van der Waals surface area contributed by atoms with E-state index in [0.29, 0.717) is 34.4 Å². The second-order valence-electron chi connectivity index (χ2n) is 9.30. The lowest BCUT2D eigenvalue weighted by Crippen LogP contribution is -2.47. The van der Waals surface area contributed by atoms with Crippen LogP contribution in [0.1, 0.15) is 25.3 Å². The highest BCUT2D eigenvalue weighted by atomic mass is 35.5. The highest BCUT2D eigenvalue weighted by Crippen LogP contribution is 2.26. The van der Waals surface area contributed by atoms with Gasteiger partial charge < -0.3 is 15.5 Å². The van der Waals surface area contributed by atoms with Gasteiger partial charge in [0.2, 0.25) is 5.91 Å². The van der Waals surface area contributed by atoms with Crippen molar-refractivity contribution < 1.29 is 9.59 Å². The van der Waals surface area contributed by atoms with Crippen LogP contribution in [0.15, 0.2) is 66.7 Å². The van der Waals surface area contributed by atoms with Crippen LogP contribution in [0.2, 0.25) is 10.0 Å². The quantitative estimate of drug-likeness (QED) is 0.368. The van der Waals surface area contributed by atoms with Crippen LogP contribution in [0.5, 0.6) is 0 Å². The first kappa shape index (κ1) is 27.5. The predicted octanol–water partition coefficient (Wildman–Crippen LogP) is 6.17. The summed E-state index contributed by atoms with van der Waals surface area (Å²) in [6.07, 6.45) is 1.76. The Balaban J connectivity index is 1.50. The summed E-state index contributed by atoms with van der Waals surface area (Å²) in [4.78, 5) is 28.8. The minimum Gasteiger partial charge on any atom is -0.354 e. The number of urea groups is 1. The number of rotatable bonds is 7. The van der Waals surface area contributed by atoms with Gasteiger partial charge in [-0.1, -0.05) is 47.5 Å². The van der Waals surface area contributed by atoms with Gasteiger partial charge >= 0.3 is 6.03 Å². The third kappa shape index (κ3) is 7.48. The summed E-state index contributed by atoms with van der Waals surface area (Å²) in [5, 5.41) is 16.0. The van der Waals surface area contributed by atoms with E-state index in [1.807, 2.05) is 42.5 Å². The fourth-order valence-electron chi connectivity index (χ4n) is 4.60. The first-order valence-corrected chi connectivity index (χ1v) is 13.2. The first-order chi connectivity index (χ1) is 18.3. The van der Waals surface area contributed by atoms with E-state index in [-0.39, 0.29) is 18.0 Å². The Bertz CT molecular complexity index is 1310. The zero-order valence-corrected chi connectivity index (χ0v) is 22.6. The molecule has 0 atom stereocenters. The highest BCUT2D eigenvalue weighted by molar-refractivity contribution is 6.35. The largest absolute Gasteiger partial charge is 0.354 e. The molecule has 3 aromatic carbocycles. The molecule has 1 saturated heterocycles. The molecule has 0 radical (unpaired) electrons. The number of carbonyl (C=O) groups excluding carboxylic acids is 2. The van der Waals surface area contributed by atoms with Crippen molar-refractivity contribution >= 4 is 46.5 Å². The summed E-state index contributed by atoms with van der Waals surface area (Å²) in [7, 11) is 0. The average Bonchev–Trinajstić information content (AvgIpc) is 2.89. The number of amides is 3. The number of likely N-dealkylation sites (tertiary alicyclic amines) is 1. The molecule has 7 nitrogen and oxygen atoms in total. The first-order valence-electron chi connectivity index (χ1n) is 12.5. The lowest BCUT2D eigenvalue weighted by Gasteiger charge is -2.34. The Labute approximate surface area is 232 Å². The van der Waals surface area contributed by atoms with Crippen molar-refractivity contribution in [1.82, 2.24) is 10.2 Å². The van der Waals surface area contributed by atoms with E-state index in [4.69, 9.17) is 23.2 Å². The molecule has 1 heterocycles. The topological polar surface area (TPSA) is 88.5 Å². The molecule has 4 rings (SSSR count). The number of halogens is 2. The third-order valence-electron chi connectivity index (χ3n) is 6.50. The van der Waals surface area contributed by atoms with E-state index in [1.54, 1.807) is 36.1 Å². The molecule has 196 valence electrons. The molecule has 0 unspecified atom stereocenters. The van der Waals surface area contributed by atoms with Crippen LogP contribution in [0.25, 0.3) is 11.1 Å². The molecule has 1 fully saturated rings. The summed E-state index contributed by atoms with van der Waals surface area (Å²) in [5.74, 6) is -0.00443. The molecule has 1 aliphatic rings. The van der Waals surface area contributed by atoms with Crippen molar-refractivity contribution in [3.8, 4) is 17.2 Å². The van der Waals surface area contributed by atoms with Crippen LogP contribution in [-0.4, -0.2) is 49.1 Å². The summed E-state index contributed by atoms with van der Waals surface area (Å²) >= 11 is 12.3. The molecule has 3 aromatic rings. The molecule has 2 N–H and O–H groups in total. The van der Waals surface area contributed by atoms with Crippen molar-refractivity contribution in [2.45, 2.75) is 25.8 Å². The van der Waals surface area contributed by atoms with Crippen LogP contribution >= 0.6 is 23.2 Å². The van der Waals surface area contributed by atoms with Crippen molar-refractivity contribution in [3.05, 3.63) is 82.3 Å². The third-order valence-corrected chi connectivity index (χ3v) is 6.93. The molecule has 3 amide bonds. The summed E-state index contributed by atoms with van der Waals surface area (Å²) in [6, 6.07) is 22.1. The smallest absolute Gasteiger partial charge is 0.326 e. The van der Waals surface area contributed by atoms with Crippen LogP contribution in [0.3, 0.4) is 0 Å². The van der Waals surface area contributed by atoms with Crippen molar-refractivity contribution in [2.75, 3.05) is 36.4 Å². The van der Waals surface area contributed by atoms with Gasteiger partial charge in [0.25, 0.3) is 0 Å². The zero-order chi connectivity index (χ0) is 27.1.